The van der Waals surface area contributed by atoms with Crippen molar-refractivity contribution in [3.8, 4) is 0 Å². The number of carbonyl (C=O) groups is 2. The zero-order chi connectivity index (χ0) is 24.4. The summed E-state index contributed by atoms with van der Waals surface area (Å²) in [7, 11) is 0. The first-order chi connectivity index (χ1) is 17.0. The van der Waals surface area contributed by atoms with Crippen molar-refractivity contribution in [3.63, 3.8) is 0 Å². The first-order valence-electron chi connectivity index (χ1n) is 11.9. The number of likely N-dealkylation sites (tertiary alicyclic amines) is 1. The van der Waals surface area contributed by atoms with Crippen molar-refractivity contribution in [2.24, 2.45) is 5.92 Å². The summed E-state index contributed by atoms with van der Waals surface area (Å²) in [5, 5.41) is 12.0. The average Bonchev–Trinajstić information content (AvgIpc) is 3.31. The Morgan fingerprint density at radius 3 is 2.60 bits per heavy atom. The molecule has 0 saturated carbocycles. The van der Waals surface area contributed by atoms with Crippen LogP contribution in [0.4, 0.5) is 0 Å². The number of amides is 2. The van der Waals surface area contributed by atoms with Gasteiger partial charge in [0.25, 0.3) is 5.91 Å². The standard InChI is InChI=1S/C26H28ClN5O3/c1-17-6-8-18(9-7-17)23-15-32-22(16-35-23)24(29-30-32)26(34)31-12-10-19(11-13-31)25(33)28-14-20-4-2-3-5-21(20)27/h2-9,19,23H,10-16H2,1H3,(H,28,33)/t23-/m1/s1. The molecule has 1 atom stereocenters. The number of hydrogen-bond donors (Lipinski definition) is 1. The fourth-order valence-electron chi connectivity index (χ4n) is 4.62. The lowest BCUT2D eigenvalue weighted by Crippen LogP contribution is -2.43. The molecule has 8 nitrogen and oxygen atoms in total. The van der Waals surface area contributed by atoms with Crippen molar-refractivity contribution >= 4 is 23.4 Å². The molecule has 1 fully saturated rings. The predicted octanol–water partition coefficient (Wildman–Crippen LogP) is 3.68. The zero-order valence-corrected chi connectivity index (χ0v) is 20.4. The van der Waals surface area contributed by atoms with E-state index in [0.717, 1.165) is 11.1 Å². The number of rotatable bonds is 5. The smallest absolute Gasteiger partial charge is 0.276 e. The van der Waals surface area contributed by atoms with E-state index < -0.39 is 0 Å². The molecule has 2 amide bonds. The Kier molecular flexibility index (Phi) is 6.83. The van der Waals surface area contributed by atoms with Gasteiger partial charge >= 0.3 is 0 Å². The second kappa shape index (κ2) is 10.2. The molecule has 35 heavy (non-hydrogen) atoms. The third kappa shape index (κ3) is 5.09. The van der Waals surface area contributed by atoms with Crippen molar-refractivity contribution < 1.29 is 14.3 Å². The number of aryl methyl sites for hydroxylation is 1. The van der Waals surface area contributed by atoms with Crippen molar-refractivity contribution in [2.45, 2.75) is 45.6 Å². The fourth-order valence-corrected chi connectivity index (χ4v) is 4.83. The average molecular weight is 494 g/mol. The summed E-state index contributed by atoms with van der Waals surface area (Å²) >= 11 is 6.17. The highest BCUT2D eigenvalue weighted by atomic mass is 35.5. The number of ether oxygens (including phenoxy) is 1. The van der Waals surface area contributed by atoms with Crippen molar-refractivity contribution in [3.05, 3.63) is 81.6 Å². The van der Waals surface area contributed by atoms with Crippen molar-refractivity contribution in [1.29, 1.82) is 0 Å². The molecular weight excluding hydrogens is 466 g/mol. The van der Waals surface area contributed by atoms with Crippen LogP contribution in [0.3, 0.4) is 0 Å². The van der Waals surface area contributed by atoms with Crippen LogP contribution in [0.1, 0.15) is 51.8 Å². The summed E-state index contributed by atoms with van der Waals surface area (Å²) in [5.41, 5.74) is 4.21. The molecule has 1 aromatic heterocycles. The van der Waals surface area contributed by atoms with Crippen LogP contribution in [0.5, 0.6) is 0 Å². The summed E-state index contributed by atoms with van der Waals surface area (Å²) in [6.45, 7) is 4.26. The maximum atomic E-state index is 13.2. The molecule has 3 aromatic rings. The molecule has 3 heterocycles. The van der Waals surface area contributed by atoms with Gasteiger partial charge < -0.3 is 15.0 Å². The van der Waals surface area contributed by atoms with E-state index in [4.69, 9.17) is 16.3 Å². The van der Waals surface area contributed by atoms with E-state index in [-0.39, 0.29) is 30.4 Å². The normalized spacial score (nSPS) is 18.2. The molecule has 5 rings (SSSR count). The molecule has 0 aliphatic carbocycles. The summed E-state index contributed by atoms with van der Waals surface area (Å²) in [5.74, 6) is -0.290. The molecule has 9 heteroatoms. The van der Waals surface area contributed by atoms with Crippen molar-refractivity contribution in [2.75, 3.05) is 13.1 Å². The van der Waals surface area contributed by atoms with Crippen LogP contribution >= 0.6 is 11.6 Å². The number of nitrogens with zero attached hydrogens (tertiary/aromatic N) is 4. The van der Waals surface area contributed by atoms with E-state index in [2.05, 4.69) is 46.8 Å². The number of hydrogen-bond acceptors (Lipinski definition) is 5. The minimum Gasteiger partial charge on any atom is -0.365 e. The minimum atomic E-state index is -0.154. The molecule has 2 aliphatic rings. The minimum absolute atomic E-state index is 0.00592. The molecule has 2 aromatic carbocycles. The van der Waals surface area contributed by atoms with E-state index in [1.54, 1.807) is 9.58 Å². The van der Waals surface area contributed by atoms with Gasteiger partial charge in [-0.05, 0) is 37.0 Å². The first-order valence-corrected chi connectivity index (χ1v) is 12.3. The van der Waals surface area contributed by atoms with Gasteiger partial charge in [-0.2, -0.15) is 0 Å². The highest BCUT2D eigenvalue weighted by Gasteiger charge is 2.33. The third-order valence-electron chi connectivity index (χ3n) is 6.81. The Labute approximate surface area is 209 Å². The van der Waals surface area contributed by atoms with Gasteiger partial charge in [-0.3, -0.25) is 9.59 Å². The van der Waals surface area contributed by atoms with Crippen LogP contribution < -0.4 is 5.32 Å². The Hall–Kier alpha value is -3.23. The van der Waals surface area contributed by atoms with Crippen LogP contribution in [0.15, 0.2) is 48.5 Å². The molecule has 0 radical (unpaired) electrons. The lowest BCUT2D eigenvalue weighted by atomic mass is 9.95. The van der Waals surface area contributed by atoms with E-state index in [1.807, 2.05) is 24.3 Å². The number of piperidine rings is 1. The summed E-state index contributed by atoms with van der Waals surface area (Å²) in [6.07, 6.45) is 1.10. The van der Waals surface area contributed by atoms with Gasteiger partial charge in [-0.25, -0.2) is 4.68 Å². The van der Waals surface area contributed by atoms with Crippen LogP contribution in [0.2, 0.25) is 5.02 Å². The SMILES string of the molecule is Cc1ccc([C@H]2Cn3nnc(C(=O)N4CCC(C(=O)NCc5ccccc5Cl)CC4)c3CO2)cc1. The highest BCUT2D eigenvalue weighted by molar-refractivity contribution is 6.31. The van der Waals surface area contributed by atoms with Gasteiger partial charge in [0.15, 0.2) is 5.69 Å². The van der Waals surface area contributed by atoms with Gasteiger partial charge in [0.05, 0.1) is 18.8 Å². The van der Waals surface area contributed by atoms with Crippen LogP contribution in [0.25, 0.3) is 0 Å². The molecule has 1 saturated heterocycles. The summed E-state index contributed by atoms with van der Waals surface area (Å²) < 4.78 is 7.83. The molecule has 0 spiro atoms. The third-order valence-corrected chi connectivity index (χ3v) is 7.18. The second-order valence-corrected chi connectivity index (χ2v) is 9.56. The maximum Gasteiger partial charge on any atom is 0.276 e. The second-order valence-electron chi connectivity index (χ2n) is 9.15. The number of benzene rings is 2. The Morgan fingerprint density at radius 2 is 1.86 bits per heavy atom. The largest absolute Gasteiger partial charge is 0.365 e. The molecular formula is C26H28ClN5O3. The lowest BCUT2D eigenvalue weighted by molar-refractivity contribution is -0.126. The summed E-state index contributed by atoms with van der Waals surface area (Å²) in [4.78, 5) is 27.6. The molecule has 0 bridgehead atoms. The Morgan fingerprint density at radius 1 is 1.11 bits per heavy atom. The summed E-state index contributed by atoms with van der Waals surface area (Å²) in [6, 6.07) is 15.7. The molecule has 182 valence electrons. The van der Waals surface area contributed by atoms with E-state index in [1.165, 1.54) is 5.56 Å². The van der Waals surface area contributed by atoms with Gasteiger partial charge in [0, 0.05) is 30.6 Å². The van der Waals surface area contributed by atoms with Crippen molar-refractivity contribution in [1.82, 2.24) is 25.2 Å². The van der Waals surface area contributed by atoms with Gasteiger partial charge in [-0.15, -0.1) is 5.10 Å². The monoisotopic (exact) mass is 493 g/mol. The number of fused-ring (bicyclic) bond motifs is 1. The van der Waals surface area contributed by atoms with Gasteiger partial charge in [-0.1, -0.05) is 64.8 Å². The van der Waals surface area contributed by atoms with Crippen LogP contribution in [0, 0.1) is 12.8 Å². The maximum absolute atomic E-state index is 13.2. The Bertz CT molecular complexity index is 1220. The predicted molar refractivity (Wildman–Crippen MR) is 131 cm³/mol. The highest BCUT2D eigenvalue weighted by Crippen LogP contribution is 2.28. The zero-order valence-electron chi connectivity index (χ0n) is 19.6. The van der Waals surface area contributed by atoms with Crippen LogP contribution in [-0.4, -0.2) is 44.8 Å². The van der Waals surface area contributed by atoms with Gasteiger partial charge in [0.1, 0.15) is 6.10 Å². The topological polar surface area (TPSA) is 89.4 Å². The molecule has 2 aliphatic heterocycles. The number of carbonyl (C=O) groups excluding carboxylic acids is 2. The quantitative estimate of drug-likeness (QED) is 0.585. The molecule has 0 unspecified atom stereocenters. The molecule has 1 N–H and O–H groups in total. The van der Waals surface area contributed by atoms with Crippen LogP contribution in [-0.2, 0) is 29.2 Å². The first kappa shape index (κ1) is 23.5. The Balaban J connectivity index is 1.16. The van der Waals surface area contributed by atoms with E-state index in [0.29, 0.717) is 55.4 Å². The number of halogens is 1. The fraction of sp³-hybridized carbons (Fsp3) is 0.385. The lowest BCUT2D eigenvalue weighted by Gasteiger charge is -2.31. The number of nitrogens with one attached hydrogen (secondary N) is 1. The van der Waals surface area contributed by atoms with E-state index >= 15 is 0 Å². The van der Waals surface area contributed by atoms with Gasteiger partial charge in [0.2, 0.25) is 5.91 Å². The van der Waals surface area contributed by atoms with E-state index in [9.17, 15) is 9.59 Å². The number of aromatic nitrogens is 3.